The molecule has 0 aliphatic carbocycles. The third-order valence-electron chi connectivity index (χ3n) is 4.16. The number of anilines is 1. The molecule has 0 heterocycles. The van der Waals surface area contributed by atoms with Gasteiger partial charge in [-0.25, -0.2) is 4.79 Å². The van der Waals surface area contributed by atoms with Crippen molar-refractivity contribution in [2.24, 2.45) is 0 Å². The maximum Gasteiger partial charge on any atom is 0.335 e. The fraction of sp³-hybridized carbons (Fsp3) is 0.0952. The quantitative estimate of drug-likeness (QED) is 0.392. The molecule has 0 amide bonds. The zero-order valence-electron chi connectivity index (χ0n) is 15.2. The smallest absolute Gasteiger partial charge is 0.335 e. The van der Waals surface area contributed by atoms with E-state index >= 15 is 0 Å². The average molecular weight is 413 g/mol. The van der Waals surface area contributed by atoms with Gasteiger partial charge in [-0.05, 0) is 54.1 Å². The highest BCUT2D eigenvalue weighted by atomic mass is 35.5. The van der Waals surface area contributed by atoms with Crippen LogP contribution in [0.5, 0.6) is 5.75 Å². The SMILES string of the molecule is O=C(O)c1cccc(NCc2cc(Cl)ccc2OCc2ccc([N+](=O)[O-])cc2)c1. The summed E-state index contributed by atoms with van der Waals surface area (Å²) < 4.78 is 5.87. The van der Waals surface area contributed by atoms with Crippen molar-refractivity contribution in [3.8, 4) is 5.75 Å². The molecule has 0 fully saturated rings. The molecule has 8 heteroatoms. The van der Waals surface area contributed by atoms with Gasteiger partial charge in [0.2, 0.25) is 0 Å². The van der Waals surface area contributed by atoms with Crippen LogP contribution < -0.4 is 10.1 Å². The highest BCUT2D eigenvalue weighted by Gasteiger charge is 2.09. The molecule has 0 spiro atoms. The number of halogens is 1. The van der Waals surface area contributed by atoms with Crippen molar-refractivity contribution < 1.29 is 19.6 Å². The van der Waals surface area contributed by atoms with Gasteiger partial charge in [0.05, 0.1) is 10.5 Å². The van der Waals surface area contributed by atoms with Crippen LogP contribution in [-0.4, -0.2) is 16.0 Å². The van der Waals surface area contributed by atoms with Crippen molar-refractivity contribution in [2.45, 2.75) is 13.2 Å². The minimum Gasteiger partial charge on any atom is -0.489 e. The Morgan fingerprint density at radius 3 is 2.55 bits per heavy atom. The molecule has 7 nitrogen and oxygen atoms in total. The summed E-state index contributed by atoms with van der Waals surface area (Å²) in [5.74, 6) is -0.391. The number of carboxylic acid groups (broad SMARTS) is 1. The van der Waals surface area contributed by atoms with Crippen LogP contribution in [0, 0.1) is 10.1 Å². The van der Waals surface area contributed by atoms with Gasteiger partial charge in [-0.1, -0.05) is 17.7 Å². The number of carboxylic acids is 1. The molecular weight excluding hydrogens is 396 g/mol. The van der Waals surface area contributed by atoms with Crippen molar-refractivity contribution in [3.05, 3.63) is 98.6 Å². The number of hydrogen-bond donors (Lipinski definition) is 2. The molecule has 0 radical (unpaired) electrons. The number of carbonyl (C=O) groups is 1. The van der Waals surface area contributed by atoms with E-state index in [9.17, 15) is 14.9 Å². The number of nitro benzene ring substituents is 1. The van der Waals surface area contributed by atoms with E-state index in [4.69, 9.17) is 21.4 Å². The zero-order valence-corrected chi connectivity index (χ0v) is 15.9. The lowest BCUT2D eigenvalue weighted by molar-refractivity contribution is -0.384. The topological polar surface area (TPSA) is 102 Å². The van der Waals surface area contributed by atoms with Gasteiger partial charge in [0, 0.05) is 35.0 Å². The van der Waals surface area contributed by atoms with Crippen molar-refractivity contribution in [1.82, 2.24) is 0 Å². The molecule has 2 N–H and O–H groups in total. The number of non-ortho nitro benzene ring substituents is 1. The summed E-state index contributed by atoms with van der Waals surface area (Å²) in [6.07, 6.45) is 0. The van der Waals surface area contributed by atoms with E-state index in [0.717, 1.165) is 11.1 Å². The molecule has 0 saturated heterocycles. The summed E-state index contributed by atoms with van der Waals surface area (Å²) in [5, 5.41) is 23.5. The fourth-order valence-electron chi connectivity index (χ4n) is 2.66. The van der Waals surface area contributed by atoms with Crippen LogP contribution in [0.15, 0.2) is 66.7 Å². The van der Waals surface area contributed by atoms with Crippen LogP contribution in [0.1, 0.15) is 21.5 Å². The lowest BCUT2D eigenvalue weighted by atomic mass is 10.1. The summed E-state index contributed by atoms with van der Waals surface area (Å²) in [5.41, 5.74) is 2.45. The first kappa shape index (κ1) is 20.2. The summed E-state index contributed by atoms with van der Waals surface area (Å²) in [6, 6.07) is 17.9. The molecule has 148 valence electrons. The Labute approximate surface area is 171 Å². The minimum absolute atomic E-state index is 0.0220. The average Bonchev–Trinajstić information content (AvgIpc) is 2.72. The highest BCUT2D eigenvalue weighted by Crippen LogP contribution is 2.25. The van der Waals surface area contributed by atoms with Gasteiger partial charge >= 0.3 is 5.97 Å². The number of rotatable bonds is 8. The summed E-state index contributed by atoms with van der Waals surface area (Å²) in [6.45, 7) is 0.611. The number of ether oxygens (including phenoxy) is 1. The largest absolute Gasteiger partial charge is 0.489 e. The Kier molecular flexibility index (Phi) is 6.31. The van der Waals surface area contributed by atoms with Gasteiger partial charge in [-0.3, -0.25) is 10.1 Å². The van der Waals surface area contributed by atoms with E-state index in [1.807, 2.05) is 0 Å². The third-order valence-corrected chi connectivity index (χ3v) is 4.39. The third kappa shape index (κ3) is 5.46. The molecule has 0 unspecified atom stereocenters. The Morgan fingerprint density at radius 2 is 1.86 bits per heavy atom. The van der Waals surface area contributed by atoms with Gasteiger partial charge in [0.15, 0.2) is 0 Å². The fourth-order valence-corrected chi connectivity index (χ4v) is 2.86. The maximum absolute atomic E-state index is 11.1. The molecule has 0 saturated carbocycles. The van der Waals surface area contributed by atoms with Gasteiger partial charge in [0.25, 0.3) is 5.69 Å². The Balaban J connectivity index is 1.70. The van der Waals surface area contributed by atoms with Crippen LogP contribution in [0.2, 0.25) is 5.02 Å². The lowest BCUT2D eigenvalue weighted by Crippen LogP contribution is -2.05. The second kappa shape index (κ2) is 9.07. The second-order valence-electron chi connectivity index (χ2n) is 6.20. The number of aromatic carboxylic acids is 1. The first-order chi connectivity index (χ1) is 13.9. The van der Waals surface area contributed by atoms with Gasteiger partial charge in [0.1, 0.15) is 12.4 Å². The van der Waals surface area contributed by atoms with E-state index in [1.165, 1.54) is 18.2 Å². The van der Waals surface area contributed by atoms with E-state index in [1.54, 1.807) is 48.5 Å². The minimum atomic E-state index is -0.997. The number of nitrogens with zero attached hydrogens (tertiary/aromatic N) is 1. The zero-order chi connectivity index (χ0) is 20.8. The summed E-state index contributed by atoms with van der Waals surface area (Å²) in [7, 11) is 0. The van der Waals surface area contributed by atoms with Crippen LogP contribution in [-0.2, 0) is 13.2 Å². The van der Waals surface area contributed by atoms with Crippen molar-refractivity contribution in [1.29, 1.82) is 0 Å². The summed E-state index contributed by atoms with van der Waals surface area (Å²) in [4.78, 5) is 21.4. The monoisotopic (exact) mass is 412 g/mol. The number of nitrogens with one attached hydrogen (secondary N) is 1. The Bertz CT molecular complexity index is 1040. The molecule has 0 aliphatic heterocycles. The van der Waals surface area contributed by atoms with E-state index in [2.05, 4.69) is 5.32 Å². The Morgan fingerprint density at radius 1 is 1.10 bits per heavy atom. The van der Waals surface area contributed by atoms with Crippen LogP contribution in [0.4, 0.5) is 11.4 Å². The Hall–Kier alpha value is -3.58. The summed E-state index contributed by atoms with van der Waals surface area (Å²) >= 11 is 6.10. The predicted octanol–water partition coefficient (Wildman–Crippen LogP) is 5.14. The molecular formula is C21H17ClN2O5. The standard InChI is InChI=1S/C21H17ClN2O5/c22-17-6-9-20(29-13-14-4-7-19(8-5-14)24(27)28)16(10-17)12-23-18-3-1-2-15(11-18)21(25)26/h1-11,23H,12-13H2,(H,25,26). The molecule has 3 aromatic carbocycles. The van der Waals surface area contributed by atoms with E-state index in [-0.39, 0.29) is 17.9 Å². The molecule has 29 heavy (non-hydrogen) atoms. The lowest BCUT2D eigenvalue weighted by Gasteiger charge is -2.14. The van der Waals surface area contributed by atoms with Gasteiger partial charge in [-0.2, -0.15) is 0 Å². The van der Waals surface area contributed by atoms with Crippen molar-refractivity contribution in [2.75, 3.05) is 5.32 Å². The highest BCUT2D eigenvalue weighted by molar-refractivity contribution is 6.30. The van der Waals surface area contributed by atoms with Crippen LogP contribution >= 0.6 is 11.6 Å². The molecule has 3 aromatic rings. The van der Waals surface area contributed by atoms with E-state index < -0.39 is 10.9 Å². The van der Waals surface area contributed by atoms with E-state index in [0.29, 0.717) is 23.0 Å². The van der Waals surface area contributed by atoms with Crippen LogP contribution in [0.25, 0.3) is 0 Å². The van der Waals surface area contributed by atoms with Gasteiger partial charge in [-0.15, -0.1) is 0 Å². The molecule has 0 aromatic heterocycles. The maximum atomic E-state index is 11.1. The van der Waals surface area contributed by atoms with Crippen molar-refractivity contribution >= 4 is 28.9 Å². The first-order valence-electron chi connectivity index (χ1n) is 8.64. The molecule has 0 bridgehead atoms. The van der Waals surface area contributed by atoms with Gasteiger partial charge < -0.3 is 15.2 Å². The second-order valence-corrected chi connectivity index (χ2v) is 6.64. The number of nitro groups is 1. The van der Waals surface area contributed by atoms with Crippen molar-refractivity contribution in [3.63, 3.8) is 0 Å². The molecule has 0 aliphatic rings. The number of hydrogen-bond acceptors (Lipinski definition) is 5. The molecule has 0 atom stereocenters. The molecule has 3 rings (SSSR count). The normalized spacial score (nSPS) is 10.4. The first-order valence-corrected chi connectivity index (χ1v) is 9.02. The number of benzene rings is 3. The van der Waals surface area contributed by atoms with Crippen LogP contribution in [0.3, 0.4) is 0 Å². The predicted molar refractivity (Wildman–Crippen MR) is 110 cm³/mol.